The number of hydrogen-bond acceptors (Lipinski definition) is 4. The van der Waals surface area contributed by atoms with Crippen molar-refractivity contribution in [3.05, 3.63) is 40.9 Å². The second-order valence-electron chi connectivity index (χ2n) is 6.17. The summed E-state index contributed by atoms with van der Waals surface area (Å²) in [6.45, 7) is 0.507. The quantitative estimate of drug-likeness (QED) is 0.814. The molecule has 0 aromatic carbocycles. The molecule has 0 saturated carbocycles. The van der Waals surface area contributed by atoms with E-state index in [4.69, 9.17) is 16.2 Å². The van der Waals surface area contributed by atoms with Crippen molar-refractivity contribution in [3.63, 3.8) is 0 Å². The highest BCUT2D eigenvalue weighted by molar-refractivity contribution is 5.98. The van der Waals surface area contributed by atoms with E-state index in [0.717, 1.165) is 11.1 Å². The zero-order valence-corrected chi connectivity index (χ0v) is 13.0. The van der Waals surface area contributed by atoms with Crippen LogP contribution >= 0.6 is 0 Å². The third kappa shape index (κ3) is 2.74. The van der Waals surface area contributed by atoms with Crippen molar-refractivity contribution in [2.45, 2.75) is 25.7 Å². The molecule has 4 N–H and O–H groups in total. The zero-order chi connectivity index (χ0) is 16.6. The second kappa shape index (κ2) is 5.57. The fourth-order valence-corrected chi connectivity index (χ4v) is 3.30. The van der Waals surface area contributed by atoms with Crippen LogP contribution in [0, 0.1) is 5.41 Å². The lowest BCUT2D eigenvalue weighted by molar-refractivity contribution is -0.125. The van der Waals surface area contributed by atoms with Crippen molar-refractivity contribution in [1.82, 2.24) is 9.78 Å². The molecule has 3 rings (SSSR count). The number of hydrogen-bond donors (Lipinski definition) is 2. The summed E-state index contributed by atoms with van der Waals surface area (Å²) in [6.07, 6.45) is 7.60. The summed E-state index contributed by atoms with van der Waals surface area (Å²) < 4.78 is 7.23. The molecule has 1 aliphatic carbocycles. The molecule has 23 heavy (non-hydrogen) atoms. The average Bonchev–Trinajstić information content (AvgIpc) is 3.12. The van der Waals surface area contributed by atoms with Crippen LogP contribution in [0.1, 0.15) is 24.8 Å². The van der Waals surface area contributed by atoms with Gasteiger partial charge in [0.1, 0.15) is 5.76 Å². The standard InChI is InChI=1S/C16H20N4O3/c1-20-9-10(8-19-20)2-4-16(15(18)22)6-11-3-5-23-13(11)12(7-16)14(17)21/h7-9H,2-6H2,1H3,(H2,17,21)(H2,18,22). The Morgan fingerprint density at radius 3 is 2.83 bits per heavy atom. The van der Waals surface area contributed by atoms with Gasteiger partial charge in [-0.3, -0.25) is 14.3 Å². The molecule has 2 heterocycles. The highest BCUT2D eigenvalue weighted by atomic mass is 16.5. The fourth-order valence-electron chi connectivity index (χ4n) is 3.30. The summed E-state index contributed by atoms with van der Waals surface area (Å²) in [5, 5.41) is 4.13. The van der Waals surface area contributed by atoms with Crippen LogP contribution in [-0.2, 0) is 27.8 Å². The zero-order valence-electron chi connectivity index (χ0n) is 13.0. The van der Waals surface area contributed by atoms with E-state index in [1.807, 2.05) is 13.2 Å². The molecule has 0 fully saturated rings. The largest absolute Gasteiger partial charge is 0.492 e. The van der Waals surface area contributed by atoms with Crippen LogP contribution in [0.5, 0.6) is 0 Å². The Kier molecular flexibility index (Phi) is 3.71. The predicted octanol–water partition coefficient (Wildman–Crippen LogP) is 0.314. The van der Waals surface area contributed by atoms with Crippen LogP contribution in [0.15, 0.2) is 35.4 Å². The first kappa shape index (κ1) is 15.3. The maximum absolute atomic E-state index is 12.2. The number of carbonyl (C=O) groups is 2. The van der Waals surface area contributed by atoms with E-state index < -0.39 is 17.2 Å². The van der Waals surface area contributed by atoms with Gasteiger partial charge in [0, 0.05) is 19.7 Å². The second-order valence-corrected chi connectivity index (χ2v) is 6.17. The lowest BCUT2D eigenvalue weighted by Crippen LogP contribution is -2.39. The van der Waals surface area contributed by atoms with Crippen molar-refractivity contribution in [2.24, 2.45) is 23.9 Å². The summed E-state index contributed by atoms with van der Waals surface area (Å²) in [4.78, 5) is 24.0. The lowest BCUT2D eigenvalue weighted by Gasteiger charge is -2.32. The molecular weight excluding hydrogens is 296 g/mol. The van der Waals surface area contributed by atoms with Crippen LogP contribution in [-0.4, -0.2) is 28.2 Å². The Labute approximate surface area is 134 Å². The van der Waals surface area contributed by atoms with Crippen LogP contribution in [0.3, 0.4) is 0 Å². The first-order valence-corrected chi connectivity index (χ1v) is 7.56. The Balaban J connectivity index is 1.91. The van der Waals surface area contributed by atoms with Gasteiger partial charge in [0.15, 0.2) is 0 Å². The molecule has 122 valence electrons. The molecule has 2 amide bonds. The lowest BCUT2D eigenvalue weighted by atomic mass is 9.71. The maximum Gasteiger partial charge on any atom is 0.252 e. The molecule has 1 atom stereocenters. The van der Waals surface area contributed by atoms with E-state index in [2.05, 4.69) is 5.10 Å². The number of amides is 2. The number of ether oxygens (including phenoxy) is 1. The van der Waals surface area contributed by atoms with E-state index in [-0.39, 0.29) is 5.57 Å². The SMILES string of the molecule is Cn1cc(CCC2(C(N)=O)C=C(C(N)=O)C3=C(CCO3)C2)cn1. The molecule has 0 spiro atoms. The van der Waals surface area contributed by atoms with Crippen LogP contribution in [0.2, 0.25) is 0 Å². The molecule has 2 aliphatic rings. The van der Waals surface area contributed by atoms with E-state index in [1.165, 1.54) is 0 Å². The number of primary amides is 2. The molecule has 0 radical (unpaired) electrons. The monoisotopic (exact) mass is 316 g/mol. The molecule has 1 aromatic rings. The van der Waals surface area contributed by atoms with E-state index in [9.17, 15) is 9.59 Å². The highest BCUT2D eigenvalue weighted by Gasteiger charge is 2.42. The van der Waals surface area contributed by atoms with Crippen LogP contribution in [0.25, 0.3) is 0 Å². The van der Waals surface area contributed by atoms with Crippen molar-refractivity contribution in [1.29, 1.82) is 0 Å². The number of rotatable bonds is 5. The molecule has 0 bridgehead atoms. The molecule has 1 unspecified atom stereocenters. The smallest absolute Gasteiger partial charge is 0.252 e. The van der Waals surface area contributed by atoms with Crippen LogP contribution < -0.4 is 11.5 Å². The van der Waals surface area contributed by atoms with Gasteiger partial charge in [-0.15, -0.1) is 0 Å². The van der Waals surface area contributed by atoms with E-state index in [0.29, 0.717) is 38.0 Å². The summed E-state index contributed by atoms with van der Waals surface area (Å²) in [6, 6.07) is 0. The molecule has 0 saturated heterocycles. The topological polar surface area (TPSA) is 113 Å². The van der Waals surface area contributed by atoms with Gasteiger partial charge in [0.25, 0.3) is 5.91 Å². The Hall–Kier alpha value is -2.57. The van der Waals surface area contributed by atoms with E-state index >= 15 is 0 Å². The van der Waals surface area contributed by atoms with Gasteiger partial charge in [-0.25, -0.2) is 0 Å². The van der Waals surface area contributed by atoms with Gasteiger partial charge in [-0.2, -0.15) is 5.10 Å². The first-order chi connectivity index (χ1) is 10.9. The Morgan fingerprint density at radius 2 is 2.22 bits per heavy atom. The average molecular weight is 316 g/mol. The highest BCUT2D eigenvalue weighted by Crippen LogP contribution is 2.44. The number of aryl methyl sites for hydroxylation is 2. The number of carbonyl (C=O) groups excluding carboxylic acids is 2. The summed E-state index contributed by atoms with van der Waals surface area (Å²) >= 11 is 0. The Morgan fingerprint density at radius 1 is 1.43 bits per heavy atom. The van der Waals surface area contributed by atoms with Crippen molar-refractivity contribution >= 4 is 11.8 Å². The van der Waals surface area contributed by atoms with Crippen LogP contribution in [0.4, 0.5) is 0 Å². The van der Waals surface area contributed by atoms with Gasteiger partial charge in [-0.1, -0.05) is 6.08 Å². The molecule has 1 aromatic heterocycles. The van der Waals surface area contributed by atoms with Crippen molar-refractivity contribution < 1.29 is 14.3 Å². The van der Waals surface area contributed by atoms with Crippen molar-refractivity contribution in [3.8, 4) is 0 Å². The maximum atomic E-state index is 12.2. The molecular formula is C16H20N4O3. The molecule has 7 nitrogen and oxygen atoms in total. The number of aromatic nitrogens is 2. The van der Waals surface area contributed by atoms with Gasteiger partial charge in [0.05, 0.1) is 23.8 Å². The Bertz CT molecular complexity index is 731. The fraction of sp³-hybridized carbons (Fsp3) is 0.438. The minimum atomic E-state index is -0.910. The van der Waals surface area contributed by atoms with E-state index in [1.54, 1.807) is 17.0 Å². The minimum Gasteiger partial charge on any atom is -0.492 e. The molecule has 7 heteroatoms. The summed E-state index contributed by atoms with van der Waals surface area (Å²) in [5.41, 5.74) is 12.5. The van der Waals surface area contributed by atoms with Gasteiger partial charge < -0.3 is 16.2 Å². The third-order valence-electron chi connectivity index (χ3n) is 4.54. The van der Waals surface area contributed by atoms with Gasteiger partial charge in [-0.05, 0) is 30.4 Å². The summed E-state index contributed by atoms with van der Waals surface area (Å²) in [5.74, 6) is -0.500. The minimum absolute atomic E-state index is 0.272. The van der Waals surface area contributed by atoms with Gasteiger partial charge in [0.2, 0.25) is 5.91 Å². The predicted molar refractivity (Wildman–Crippen MR) is 82.6 cm³/mol. The van der Waals surface area contributed by atoms with Crippen molar-refractivity contribution in [2.75, 3.05) is 6.61 Å². The normalized spacial score (nSPS) is 23.3. The number of nitrogens with zero attached hydrogens (tertiary/aromatic N) is 2. The first-order valence-electron chi connectivity index (χ1n) is 7.56. The van der Waals surface area contributed by atoms with Gasteiger partial charge >= 0.3 is 0 Å². The number of nitrogens with two attached hydrogens (primary N) is 2. The summed E-state index contributed by atoms with van der Waals surface area (Å²) in [7, 11) is 1.84. The third-order valence-corrected chi connectivity index (χ3v) is 4.54. The molecule has 1 aliphatic heterocycles.